The summed E-state index contributed by atoms with van der Waals surface area (Å²) in [7, 11) is 0. The first-order chi connectivity index (χ1) is 8.75. The molecular weight excluding hydrogens is 236 g/mol. The largest absolute Gasteiger partial charge is 0.355 e. The summed E-state index contributed by atoms with van der Waals surface area (Å²) in [6.45, 7) is 12.6. The summed E-state index contributed by atoms with van der Waals surface area (Å²) in [5.74, 6) is 1.48. The number of amides is 1. The number of hydrogen-bond acceptors (Lipinski definition) is 2. The average Bonchev–Trinajstić information content (AvgIpc) is 2.77. The third-order valence-corrected chi connectivity index (χ3v) is 5.44. The van der Waals surface area contributed by atoms with E-state index in [1.807, 2.05) is 0 Å². The van der Waals surface area contributed by atoms with Crippen LogP contribution in [0.3, 0.4) is 0 Å². The topological polar surface area (TPSA) is 41.1 Å². The van der Waals surface area contributed by atoms with Crippen LogP contribution >= 0.6 is 0 Å². The standard InChI is InChI=1S/C16H30N2O/c1-11(2)9-17-13(19)10-18-14-15(3,4)12-6-7-16(14,5)8-12/h11-12,14,18H,6-10H2,1-5H3,(H,17,19)/t12-,14?,16+/m0/s1. The Labute approximate surface area is 117 Å². The molecule has 3 heteroatoms. The highest BCUT2D eigenvalue weighted by atomic mass is 16.1. The molecule has 0 aromatic heterocycles. The third-order valence-electron chi connectivity index (χ3n) is 5.44. The maximum atomic E-state index is 11.9. The van der Waals surface area contributed by atoms with E-state index in [0.29, 0.717) is 29.3 Å². The molecule has 3 atom stereocenters. The van der Waals surface area contributed by atoms with Crippen LogP contribution in [0.25, 0.3) is 0 Å². The van der Waals surface area contributed by atoms with Crippen molar-refractivity contribution in [2.45, 2.75) is 59.9 Å². The first-order valence-electron chi connectivity index (χ1n) is 7.76. The molecule has 0 heterocycles. The summed E-state index contributed by atoms with van der Waals surface area (Å²) in [5, 5.41) is 6.54. The van der Waals surface area contributed by atoms with Crippen LogP contribution in [-0.4, -0.2) is 25.0 Å². The maximum absolute atomic E-state index is 11.9. The van der Waals surface area contributed by atoms with Crippen LogP contribution in [0.15, 0.2) is 0 Å². The second-order valence-corrected chi connectivity index (χ2v) is 7.93. The number of rotatable bonds is 5. The normalized spacial score (nSPS) is 35.9. The van der Waals surface area contributed by atoms with E-state index in [-0.39, 0.29) is 5.91 Å². The van der Waals surface area contributed by atoms with Crippen LogP contribution in [0.5, 0.6) is 0 Å². The fraction of sp³-hybridized carbons (Fsp3) is 0.938. The second kappa shape index (κ2) is 5.08. The van der Waals surface area contributed by atoms with Gasteiger partial charge in [0.2, 0.25) is 5.91 Å². The van der Waals surface area contributed by atoms with Crippen molar-refractivity contribution >= 4 is 5.91 Å². The molecule has 2 bridgehead atoms. The van der Waals surface area contributed by atoms with E-state index in [1.165, 1.54) is 19.3 Å². The first-order valence-corrected chi connectivity index (χ1v) is 7.76. The molecule has 2 N–H and O–H groups in total. The highest BCUT2D eigenvalue weighted by molar-refractivity contribution is 5.78. The van der Waals surface area contributed by atoms with Crippen molar-refractivity contribution in [1.29, 1.82) is 0 Å². The number of fused-ring (bicyclic) bond motifs is 2. The number of carbonyl (C=O) groups excluding carboxylic acids is 1. The van der Waals surface area contributed by atoms with Gasteiger partial charge in [0, 0.05) is 12.6 Å². The number of nitrogens with one attached hydrogen (secondary N) is 2. The zero-order valence-electron chi connectivity index (χ0n) is 13.2. The Morgan fingerprint density at radius 1 is 1.32 bits per heavy atom. The van der Waals surface area contributed by atoms with Crippen molar-refractivity contribution < 1.29 is 4.79 Å². The van der Waals surface area contributed by atoms with Gasteiger partial charge in [0.15, 0.2) is 0 Å². The predicted molar refractivity (Wildman–Crippen MR) is 78.9 cm³/mol. The van der Waals surface area contributed by atoms with Gasteiger partial charge in [0.1, 0.15) is 0 Å². The number of hydrogen-bond donors (Lipinski definition) is 2. The minimum absolute atomic E-state index is 0.135. The highest BCUT2D eigenvalue weighted by Crippen LogP contribution is 2.62. The molecule has 19 heavy (non-hydrogen) atoms. The fourth-order valence-corrected chi connectivity index (χ4v) is 4.39. The Bertz CT molecular complexity index is 346. The molecule has 0 aromatic rings. The molecule has 1 unspecified atom stereocenters. The lowest BCUT2D eigenvalue weighted by Crippen LogP contribution is -2.52. The molecule has 2 saturated carbocycles. The Balaban J connectivity index is 1.87. The quantitative estimate of drug-likeness (QED) is 0.803. The lowest BCUT2D eigenvalue weighted by molar-refractivity contribution is -0.120. The van der Waals surface area contributed by atoms with E-state index < -0.39 is 0 Å². The summed E-state index contributed by atoms with van der Waals surface area (Å²) in [6.07, 6.45) is 4.00. The molecule has 110 valence electrons. The van der Waals surface area contributed by atoms with Crippen molar-refractivity contribution in [2.24, 2.45) is 22.7 Å². The second-order valence-electron chi connectivity index (χ2n) is 7.93. The summed E-state index contributed by atoms with van der Waals surface area (Å²) in [4.78, 5) is 11.9. The summed E-state index contributed by atoms with van der Waals surface area (Å²) < 4.78 is 0. The van der Waals surface area contributed by atoms with Gasteiger partial charge in [-0.25, -0.2) is 0 Å². The van der Waals surface area contributed by atoms with Gasteiger partial charge in [-0.3, -0.25) is 4.79 Å². The Morgan fingerprint density at radius 3 is 2.53 bits per heavy atom. The van der Waals surface area contributed by atoms with E-state index >= 15 is 0 Å². The molecule has 0 saturated heterocycles. The van der Waals surface area contributed by atoms with Gasteiger partial charge in [0.05, 0.1) is 6.54 Å². The van der Waals surface area contributed by atoms with E-state index in [1.54, 1.807) is 0 Å². The summed E-state index contributed by atoms with van der Waals surface area (Å²) in [5.41, 5.74) is 0.720. The third kappa shape index (κ3) is 2.81. The minimum atomic E-state index is 0.135. The molecule has 0 aromatic carbocycles. The summed E-state index contributed by atoms with van der Waals surface area (Å²) >= 11 is 0. The average molecular weight is 266 g/mol. The predicted octanol–water partition coefficient (Wildman–Crippen LogP) is 2.56. The fourth-order valence-electron chi connectivity index (χ4n) is 4.39. The molecule has 0 aliphatic heterocycles. The van der Waals surface area contributed by atoms with Crippen molar-refractivity contribution in [1.82, 2.24) is 10.6 Å². The van der Waals surface area contributed by atoms with Crippen molar-refractivity contribution in [3.05, 3.63) is 0 Å². The molecule has 0 spiro atoms. The van der Waals surface area contributed by atoms with Gasteiger partial charge >= 0.3 is 0 Å². The first kappa shape index (κ1) is 14.8. The van der Waals surface area contributed by atoms with Crippen LogP contribution in [0.4, 0.5) is 0 Å². The zero-order valence-corrected chi connectivity index (χ0v) is 13.2. The van der Waals surface area contributed by atoms with Gasteiger partial charge in [-0.1, -0.05) is 34.6 Å². The molecule has 2 aliphatic carbocycles. The zero-order chi connectivity index (χ0) is 14.3. The van der Waals surface area contributed by atoms with Gasteiger partial charge in [-0.05, 0) is 41.9 Å². The lowest BCUT2D eigenvalue weighted by Gasteiger charge is -2.43. The van der Waals surface area contributed by atoms with Gasteiger partial charge < -0.3 is 10.6 Å². The Kier molecular flexibility index (Phi) is 3.97. The van der Waals surface area contributed by atoms with Gasteiger partial charge in [0.25, 0.3) is 0 Å². The highest BCUT2D eigenvalue weighted by Gasteiger charge is 2.58. The van der Waals surface area contributed by atoms with Crippen LogP contribution in [-0.2, 0) is 4.79 Å². The summed E-state index contributed by atoms with van der Waals surface area (Å²) in [6, 6.07) is 0.476. The molecule has 2 rings (SSSR count). The van der Waals surface area contributed by atoms with Gasteiger partial charge in [-0.15, -0.1) is 0 Å². The molecule has 2 aliphatic rings. The smallest absolute Gasteiger partial charge is 0.233 e. The lowest BCUT2D eigenvalue weighted by atomic mass is 9.68. The van der Waals surface area contributed by atoms with E-state index in [4.69, 9.17) is 0 Å². The van der Waals surface area contributed by atoms with E-state index in [0.717, 1.165) is 12.5 Å². The van der Waals surface area contributed by atoms with Crippen molar-refractivity contribution in [3.63, 3.8) is 0 Å². The van der Waals surface area contributed by atoms with Gasteiger partial charge in [-0.2, -0.15) is 0 Å². The van der Waals surface area contributed by atoms with Crippen molar-refractivity contribution in [3.8, 4) is 0 Å². The van der Waals surface area contributed by atoms with Crippen LogP contribution in [0.2, 0.25) is 0 Å². The Morgan fingerprint density at radius 2 is 2.00 bits per heavy atom. The molecule has 3 nitrogen and oxygen atoms in total. The van der Waals surface area contributed by atoms with E-state index in [9.17, 15) is 4.79 Å². The Hall–Kier alpha value is -0.570. The van der Waals surface area contributed by atoms with E-state index in [2.05, 4.69) is 45.3 Å². The van der Waals surface area contributed by atoms with Crippen LogP contribution in [0.1, 0.15) is 53.9 Å². The maximum Gasteiger partial charge on any atom is 0.233 e. The SMILES string of the molecule is CC(C)CNC(=O)CNC1C(C)(C)[C@H]2CC[C@]1(C)C2. The minimum Gasteiger partial charge on any atom is -0.355 e. The molecule has 1 amide bonds. The molecular formula is C16H30N2O. The van der Waals surface area contributed by atoms with Crippen LogP contribution < -0.4 is 10.6 Å². The van der Waals surface area contributed by atoms with Crippen molar-refractivity contribution in [2.75, 3.05) is 13.1 Å². The van der Waals surface area contributed by atoms with Crippen LogP contribution in [0, 0.1) is 22.7 Å². The molecule has 2 fully saturated rings. The molecule has 0 radical (unpaired) electrons. The monoisotopic (exact) mass is 266 g/mol. The number of carbonyl (C=O) groups is 1.